The summed E-state index contributed by atoms with van der Waals surface area (Å²) in [6.45, 7) is 7.84. The minimum absolute atomic E-state index is 0.0395. The minimum Gasteiger partial charge on any atom is -0.352 e. The van der Waals surface area contributed by atoms with E-state index >= 15 is 0 Å². The van der Waals surface area contributed by atoms with Crippen molar-refractivity contribution in [2.45, 2.75) is 46.2 Å². The Bertz CT molecular complexity index is 330. The lowest BCUT2D eigenvalue weighted by Crippen LogP contribution is -2.35. The van der Waals surface area contributed by atoms with Gasteiger partial charge in [-0.15, -0.1) is 0 Å². The largest absolute Gasteiger partial charge is 0.352 e. The van der Waals surface area contributed by atoms with Crippen LogP contribution >= 0.6 is 0 Å². The Kier molecular flexibility index (Phi) is 3.88. The van der Waals surface area contributed by atoms with Gasteiger partial charge in [0.25, 0.3) is 0 Å². The maximum atomic E-state index is 11.8. The number of aromatic nitrogens is 2. The van der Waals surface area contributed by atoms with Gasteiger partial charge in [-0.05, 0) is 20.8 Å². The molecule has 0 bridgehead atoms. The second kappa shape index (κ2) is 4.96. The second-order valence-corrected chi connectivity index (χ2v) is 3.94. The highest BCUT2D eigenvalue weighted by molar-refractivity contribution is 5.80. The van der Waals surface area contributed by atoms with Crippen molar-refractivity contribution in [2.24, 2.45) is 0 Å². The van der Waals surface area contributed by atoms with Gasteiger partial charge < -0.3 is 9.88 Å². The third-order valence-corrected chi connectivity index (χ3v) is 2.29. The molecule has 0 saturated carbocycles. The summed E-state index contributed by atoms with van der Waals surface area (Å²) < 4.78 is 1.91. The van der Waals surface area contributed by atoms with Gasteiger partial charge in [0.15, 0.2) is 0 Å². The van der Waals surface area contributed by atoms with Crippen LogP contribution in [-0.4, -0.2) is 21.5 Å². The lowest BCUT2D eigenvalue weighted by atomic mass is 10.2. The molecule has 1 aromatic rings. The lowest BCUT2D eigenvalue weighted by molar-refractivity contribution is -0.124. The first-order chi connectivity index (χ1) is 7.06. The fraction of sp³-hybridized carbons (Fsp3) is 0.636. The topological polar surface area (TPSA) is 46.9 Å². The summed E-state index contributed by atoms with van der Waals surface area (Å²) in [6, 6.07) is -0.0154. The van der Waals surface area contributed by atoms with Crippen LogP contribution in [0.25, 0.3) is 0 Å². The summed E-state index contributed by atoms with van der Waals surface area (Å²) in [5, 5.41) is 2.89. The van der Waals surface area contributed by atoms with Crippen molar-refractivity contribution in [2.75, 3.05) is 0 Å². The normalized spacial score (nSPS) is 12.9. The van der Waals surface area contributed by atoms with Crippen molar-refractivity contribution >= 4 is 5.91 Å². The molecule has 1 amide bonds. The summed E-state index contributed by atoms with van der Waals surface area (Å²) >= 11 is 0. The number of amides is 1. The Hall–Kier alpha value is -1.32. The van der Waals surface area contributed by atoms with E-state index in [9.17, 15) is 4.79 Å². The average Bonchev–Trinajstić information content (AvgIpc) is 2.62. The molecule has 0 spiro atoms. The van der Waals surface area contributed by atoms with Crippen molar-refractivity contribution in [1.82, 2.24) is 14.9 Å². The molecule has 0 radical (unpaired) electrons. The quantitative estimate of drug-likeness (QED) is 0.817. The van der Waals surface area contributed by atoms with Crippen molar-refractivity contribution in [3.05, 3.63) is 18.2 Å². The maximum absolute atomic E-state index is 11.8. The average molecular weight is 209 g/mol. The Morgan fingerprint density at radius 3 is 2.73 bits per heavy atom. The van der Waals surface area contributed by atoms with E-state index in [1.165, 1.54) is 0 Å². The first-order valence-electron chi connectivity index (χ1n) is 5.38. The summed E-state index contributed by atoms with van der Waals surface area (Å²) in [5.74, 6) is 0.985. The molecule has 1 unspecified atom stereocenters. The van der Waals surface area contributed by atoms with E-state index in [2.05, 4.69) is 10.3 Å². The molecule has 0 aliphatic carbocycles. The van der Waals surface area contributed by atoms with Crippen LogP contribution in [0.1, 0.15) is 39.6 Å². The zero-order valence-electron chi connectivity index (χ0n) is 9.82. The predicted molar refractivity (Wildman–Crippen MR) is 59.6 cm³/mol. The maximum Gasteiger partial charge on any atom is 0.243 e. The zero-order chi connectivity index (χ0) is 11.4. The minimum atomic E-state index is -0.190. The summed E-state index contributed by atoms with van der Waals surface area (Å²) in [7, 11) is 0. The first-order valence-corrected chi connectivity index (χ1v) is 5.38. The molecule has 0 fully saturated rings. The SMILES string of the molecule is CCc1nccn1C(C)C(=O)NC(C)C. The highest BCUT2D eigenvalue weighted by atomic mass is 16.2. The van der Waals surface area contributed by atoms with Gasteiger partial charge in [-0.2, -0.15) is 0 Å². The van der Waals surface area contributed by atoms with Gasteiger partial charge >= 0.3 is 0 Å². The van der Waals surface area contributed by atoms with Crippen LogP contribution in [0.4, 0.5) is 0 Å². The second-order valence-electron chi connectivity index (χ2n) is 3.94. The molecule has 1 N–H and O–H groups in total. The van der Waals surface area contributed by atoms with Gasteiger partial charge in [-0.25, -0.2) is 4.98 Å². The molecule has 1 atom stereocenters. The van der Waals surface area contributed by atoms with E-state index in [1.807, 2.05) is 38.5 Å². The number of imidazole rings is 1. The Labute approximate surface area is 90.7 Å². The predicted octanol–water partition coefficient (Wildman–Crippen LogP) is 1.53. The molecule has 0 aliphatic rings. The molecule has 1 rings (SSSR count). The van der Waals surface area contributed by atoms with Crippen LogP contribution in [0.3, 0.4) is 0 Å². The van der Waals surface area contributed by atoms with Crippen molar-refractivity contribution in [3.63, 3.8) is 0 Å². The lowest BCUT2D eigenvalue weighted by Gasteiger charge is -2.17. The molecule has 1 heterocycles. The number of nitrogens with one attached hydrogen (secondary N) is 1. The van der Waals surface area contributed by atoms with E-state index in [1.54, 1.807) is 6.20 Å². The van der Waals surface area contributed by atoms with Gasteiger partial charge in [0.05, 0.1) is 0 Å². The number of hydrogen-bond donors (Lipinski definition) is 1. The standard InChI is InChI=1S/C11H19N3O/c1-5-10-12-6-7-14(10)9(4)11(15)13-8(2)3/h6-9H,5H2,1-4H3,(H,13,15). The smallest absolute Gasteiger partial charge is 0.243 e. The van der Waals surface area contributed by atoms with Gasteiger partial charge in [0, 0.05) is 24.9 Å². The van der Waals surface area contributed by atoms with Gasteiger partial charge in [-0.3, -0.25) is 4.79 Å². The first kappa shape index (κ1) is 11.8. The van der Waals surface area contributed by atoms with E-state index in [4.69, 9.17) is 0 Å². The molecule has 15 heavy (non-hydrogen) atoms. The molecular weight excluding hydrogens is 190 g/mol. The Morgan fingerprint density at radius 1 is 1.53 bits per heavy atom. The molecule has 0 aliphatic heterocycles. The monoisotopic (exact) mass is 209 g/mol. The van der Waals surface area contributed by atoms with Gasteiger partial charge in [0.2, 0.25) is 5.91 Å². The molecule has 84 valence electrons. The summed E-state index contributed by atoms with van der Waals surface area (Å²) in [6.07, 6.45) is 4.42. The van der Waals surface area contributed by atoms with Crippen LogP contribution in [0.2, 0.25) is 0 Å². The van der Waals surface area contributed by atoms with E-state index in [0.717, 1.165) is 12.2 Å². The van der Waals surface area contributed by atoms with Crippen molar-refractivity contribution in [3.8, 4) is 0 Å². The fourth-order valence-electron chi connectivity index (χ4n) is 1.50. The van der Waals surface area contributed by atoms with Crippen LogP contribution in [0.15, 0.2) is 12.4 Å². The van der Waals surface area contributed by atoms with Gasteiger partial charge in [-0.1, -0.05) is 6.92 Å². The number of carbonyl (C=O) groups excluding carboxylic acids is 1. The summed E-state index contributed by atoms with van der Waals surface area (Å²) in [4.78, 5) is 16.0. The number of hydrogen-bond acceptors (Lipinski definition) is 2. The fourth-order valence-corrected chi connectivity index (χ4v) is 1.50. The molecule has 1 aromatic heterocycles. The zero-order valence-corrected chi connectivity index (χ0v) is 9.82. The van der Waals surface area contributed by atoms with E-state index in [-0.39, 0.29) is 18.0 Å². The van der Waals surface area contributed by atoms with Crippen LogP contribution in [0.5, 0.6) is 0 Å². The van der Waals surface area contributed by atoms with Crippen LogP contribution in [0, 0.1) is 0 Å². The van der Waals surface area contributed by atoms with E-state index in [0.29, 0.717) is 0 Å². The van der Waals surface area contributed by atoms with Crippen molar-refractivity contribution in [1.29, 1.82) is 0 Å². The number of rotatable bonds is 4. The number of nitrogens with zero attached hydrogens (tertiary/aromatic N) is 2. The summed E-state index contributed by atoms with van der Waals surface area (Å²) in [5.41, 5.74) is 0. The molecule has 4 heteroatoms. The molecule has 4 nitrogen and oxygen atoms in total. The number of aryl methyl sites for hydroxylation is 1. The van der Waals surface area contributed by atoms with Gasteiger partial charge in [0.1, 0.15) is 11.9 Å². The Balaban J connectivity index is 2.75. The van der Waals surface area contributed by atoms with Crippen molar-refractivity contribution < 1.29 is 4.79 Å². The molecular formula is C11H19N3O. The molecule has 0 aromatic carbocycles. The van der Waals surface area contributed by atoms with Crippen LogP contribution < -0.4 is 5.32 Å². The Morgan fingerprint density at radius 2 is 2.20 bits per heavy atom. The third-order valence-electron chi connectivity index (χ3n) is 2.29. The van der Waals surface area contributed by atoms with Crippen LogP contribution in [-0.2, 0) is 11.2 Å². The highest BCUT2D eigenvalue weighted by Crippen LogP contribution is 2.10. The van der Waals surface area contributed by atoms with E-state index < -0.39 is 0 Å². The number of carbonyl (C=O) groups is 1. The third kappa shape index (κ3) is 2.81. The molecule has 0 saturated heterocycles. The highest BCUT2D eigenvalue weighted by Gasteiger charge is 2.17.